The number of nitrogens with one attached hydrogen (secondary N) is 1. The fraction of sp³-hybridized carbons (Fsp3) is 0.409. The van der Waals surface area contributed by atoms with Crippen molar-refractivity contribution in [1.29, 1.82) is 0 Å². The summed E-state index contributed by atoms with van der Waals surface area (Å²) < 4.78 is 15.3. The molecule has 1 aromatic carbocycles. The number of rotatable bonds is 10. The van der Waals surface area contributed by atoms with Crippen LogP contribution in [0.1, 0.15) is 43.1 Å². The SMILES string of the molecule is CCOC(=O)c1c(NOC(=O)C(CC)C(=O)OCC)sc(-c2ccc(OC)cc2)c1C. The molecule has 0 fully saturated rings. The minimum Gasteiger partial charge on any atom is -0.497 e. The standard InChI is InChI=1S/C22H27NO7S/c1-6-16(20(24)28-7-2)21(25)30-23-19-17(22(26)29-8-3)13(4)18(31-19)14-9-11-15(27-5)12-10-14/h9-12,16,23H,6-8H2,1-5H3. The largest absolute Gasteiger partial charge is 0.497 e. The molecule has 8 nitrogen and oxygen atoms in total. The lowest BCUT2D eigenvalue weighted by Crippen LogP contribution is -2.29. The van der Waals surface area contributed by atoms with Crippen LogP contribution in [0.25, 0.3) is 10.4 Å². The number of methoxy groups -OCH3 is 1. The van der Waals surface area contributed by atoms with Crippen LogP contribution in [-0.2, 0) is 23.9 Å². The van der Waals surface area contributed by atoms with Gasteiger partial charge in [0.1, 0.15) is 16.3 Å². The van der Waals surface area contributed by atoms with Gasteiger partial charge in [0.15, 0.2) is 5.92 Å². The zero-order chi connectivity index (χ0) is 23.0. The Labute approximate surface area is 185 Å². The van der Waals surface area contributed by atoms with E-state index in [0.29, 0.717) is 16.3 Å². The highest BCUT2D eigenvalue weighted by atomic mass is 32.1. The van der Waals surface area contributed by atoms with Crippen molar-refractivity contribution in [2.75, 3.05) is 25.8 Å². The number of ether oxygens (including phenoxy) is 3. The summed E-state index contributed by atoms with van der Waals surface area (Å²) in [4.78, 5) is 42.9. The maximum atomic E-state index is 12.6. The van der Waals surface area contributed by atoms with Crippen molar-refractivity contribution in [3.63, 3.8) is 0 Å². The minimum absolute atomic E-state index is 0.165. The smallest absolute Gasteiger partial charge is 0.346 e. The van der Waals surface area contributed by atoms with Crippen LogP contribution in [0.4, 0.5) is 5.00 Å². The van der Waals surface area contributed by atoms with Crippen LogP contribution in [0, 0.1) is 12.8 Å². The van der Waals surface area contributed by atoms with Crippen LogP contribution >= 0.6 is 11.3 Å². The predicted octanol–water partition coefficient (Wildman–Crippen LogP) is 4.37. The number of hydrogen-bond donors (Lipinski definition) is 1. The number of anilines is 1. The molecule has 168 valence electrons. The Kier molecular flexibility index (Phi) is 8.87. The fourth-order valence-electron chi connectivity index (χ4n) is 2.89. The van der Waals surface area contributed by atoms with E-state index in [1.54, 1.807) is 34.8 Å². The Hall–Kier alpha value is -3.07. The van der Waals surface area contributed by atoms with E-state index in [1.807, 2.05) is 24.3 Å². The average molecular weight is 450 g/mol. The van der Waals surface area contributed by atoms with Gasteiger partial charge in [-0.15, -0.1) is 11.3 Å². The van der Waals surface area contributed by atoms with Crippen molar-refractivity contribution >= 4 is 34.2 Å². The molecule has 1 N–H and O–H groups in total. The zero-order valence-electron chi connectivity index (χ0n) is 18.3. The quantitative estimate of drug-likeness (QED) is 0.247. The highest BCUT2D eigenvalue weighted by Crippen LogP contribution is 2.40. The van der Waals surface area contributed by atoms with Gasteiger partial charge in [0.25, 0.3) is 0 Å². The van der Waals surface area contributed by atoms with Crippen LogP contribution < -0.4 is 10.2 Å². The van der Waals surface area contributed by atoms with E-state index in [0.717, 1.165) is 10.4 Å². The highest BCUT2D eigenvalue weighted by molar-refractivity contribution is 7.20. The minimum atomic E-state index is -1.05. The molecule has 0 saturated carbocycles. The summed E-state index contributed by atoms with van der Waals surface area (Å²) in [7, 11) is 1.58. The second-order valence-corrected chi connectivity index (χ2v) is 7.47. The molecule has 1 heterocycles. The zero-order valence-corrected chi connectivity index (χ0v) is 19.1. The normalized spacial score (nSPS) is 11.4. The van der Waals surface area contributed by atoms with Gasteiger partial charge >= 0.3 is 17.9 Å². The van der Waals surface area contributed by atoms with Crippen LogP contribution in [-0.4, -0.2) is 38.2 Å². The molecule has 1 unspecified atom stereocenters. The molecular weight excluding hydrogens is 422 g/mol. The summed E-state index contributed by atoms with van der Waals surface area (Å²) in [6.07, 6.45) is 0.227. The molecule has 0 bridgehead atoms. The van der Waals surface area contributed by atoms with Gasteiger partial charge in [-0.3, -0.25) is 4.79 Å². The second kappa shape index (κ2) is 11.4. The topological polar surface area (TPSA) is 100 Å². The van der Waals surface area contributed by atoms with Crippen LogP contribution in [0.2, 0.25) is 0 Å². The number of thiophene rings is 1. The average Bonchev–Trinajstić information content (AvgIpc) is 3.09. The summed E-state index contributed by atoms with van der Waals surface area (Å²) in [6.45, 7) is 7.22. The Balaban J connectivity index is 2.33. The monoisotopic (exact) mass is 449 g/mol. The third-order valence-corrected chi connectivity index (χ3v) is 5.72. The second-order valence-electron chi connectivity index (χ2n) is 6.45. The summed E-state index contributed by atoms with van der Waals surface area (Å²) >= 11 is 1.24. The summed E-state index contributed by atoms with van der Waals surface area (Å²) in [5.41, 5.74) is 4.38. The molecule has 1 atom stereocenters. The number of carbonyl (C=O) groups excluding carboxylic acids is 3. The molecule has 0 aliphatic heterocycles. The predicted molar refractivity (Wildman–Crippen MR) is 117 cm³/mol. The van der Waals surface area contributed by atoms with E-state index in [-0.39, 0.29) is 25.2 Å². The summed E-state index contributed by atoms with van der Waals surface area (Å²) in [5.74, 6) is -2.32. The lowest BCUT2D eigenvalue weighted by Gasteiger charge is -2.13. The molecule has 0 aliphatic rings. The summed E-state index contributed by atoms with van der Waals surface area (Å²) in [5, 5.41) is 0.314. The molecule has 0 amide bonds. The van der Waals surface area contributed by atoms with Crippen molar-refractivity contribution < 1.29 is 33.4 Å². The number of hydrogen-bond acceptors (Lipinski definition) is 9. The molecular formula is C22H27NO7S. The van der Waals surface area contributed by atoms with Crippen molar-refractivity contribution in [1.82, 2.24) is 0 Å². The number of carbonyl (C=O) groups is 3. The molecule has 2 aromatic rings. The maximum absolute atomic E-state index is 12.6. The van der Waals surface area contributed by atoms with Gasteiger partial charge in [-0.05, 0) is 62.6 Å². The third kappa shape index (κ3) is 5.75. The first-order chi connectivity index (χ1) is 14.9. The van der Waals surface area contributed by atoms with E-state index < -0.39 is 23.8 Å². The van der Waals surface area contributed by atoms with Gasteiger partial charge in [-0.25, -0.2) is 15.1 Å². The first kappa shape index (κ1) is 24.2. The van der Waals surface area contributed by atoms with Gasteiger partial charge in [-0.1, -0.05) is 6.92 Å². The Morgan fingerprint density at radius 1 is 1.00 bits per heavy atom. The van der Waals surface area contributed by atoms with Crippen LogP contribution in [0.3, 0.4) is 0 Å². The van der Waals surface area contributed by atoms with E-state index in [4.69, 9.17) is 19.0 Å². The van der Waals surface area contributed by atoms with Crippen molar-refractivity contribution in [2.24, 2.45) is 5.92 Å². The lowest BCUT2D eigenvalue weighted by molar-refractivity contribution is -0.160. The van der Waals surface area contributed by atoms with E-state index in [2.05, 4.69) is 5.48 Å². The molecule has 0 saturated heterocycles. The molecule has 1 aromatic heterocycles. The third-order valence-electron chi connectivity index (χ3n) is 4.49. The lowest BCUT2D eigenvalue weighted by atomic mass is 10.1. The van der Waals surface area contributed by atoms with Gasteiger partial charge < -0.3 is 19.0 Å². The highest BCUT2D eigenvalue weighted by Gasteiger charge is 2.30. The molecule has 9 heteroatoms. The van der Waals surface area contributed by atoms with Crippen molar-refractivity contribution in [3.05, 3.63) is 35.4 Å². The molecule has 0 spiro atoms. The van der Waals surface area contributed by atoms with Crippen molar-refractivity contribution in [2.45, 2.75) is 34.1 Å². The first-order valence-corrected chi connectivity index (χ1v) is 10.8. The molecule has 31 heavy (non-hydrogen) atoms. The Morgan fingerprint density at radius 2 is 1.65 bits per heavy atom. The van der Waals surface area contributed by atoms with E-state index in [9.17, 15) is 14.4 Å². The summed E-state index contributed by atoms with van der Waals surface area (Å²) in [6, 6.07) is 7.38. The molecule has 0 radical (unpaired) electrons. The van der Waals surface area contributed by atoms with Gasteiger partial charge in [-0.2, -0.15) is 0 Å². The number of benzene rings is 1. The van der Waals surface area contributed by atoms with Crippen LogP contribution in [0.15, 0.2) is 24.3 Å². The van der Waals surface area contributed by atoms with Gasteiger partial charge in [0, 0.05) is 4.88 Å². The van der Waals surface area contributed by atoms with Gasteiger partial charge in [0.2, 0.25) is 0 Å². The fourth-order valence-corrected chi connectivity index (χ4v) is 4.03. The number of esters is 2. The van der Waals surface area contributed by atoms with E-state index in [1.165, 1.54) is 11.3 Å². The maximum Gasteiger partial charge on any atom is 0.346 e. The van der Waals surface area contributed by atoms with E-state index >= 15 is 0 Å². The van der Waals surface area contributed by atoms with Gasteiger partial charge in [0.05, 0.1) is 20.3 Å². The molecule has 0 aliphatic carbocycles. The molecule has 2 rings (SSSR count). The Morgan fingerprint density at radius 3 is 2.19 bits per heavy atom. The Bertz CT molecular complexity index is 921. The van der Waals surface area contributed by atoms with Crippen LogP contribution in [0.5, 0.6) is 5.75 Å². The first-order valence-electron chi connectivity index (χ1n) is 9.96. The van der Waals surface area contributed by atoms with Crippen molar-refractivity contribution in [3.8, 4) is 16.2 Å².